The van der Waals surface area contributed by atoms with Crippen molar-refractivity contribution < 1.29 is 9.53 Å². The van der Waals surface area contributed by atoms with Crippen LogP contribution in [0.2, 0.25) is 10.0 Å². The Kier molecular flexibility index (Phi) is 2.76. The zero-order valence-electron chi connectivity index (χ0n) is 8.04. The van der Waals surface area contributed by atoms with Crippen molar-refractivity contribution in [3.8, 4) is 0 Å². The number of hydrogen-bond donors (Lipinski definition) is 0. The van der Waals surface area contributed by atoms with Crippen molar-refractivity contribution in [1.82, 2.24) is 4.90 Å². The third-order valence-corrected chi connectivity index (χ3v) is 2.69. The Hall–Kier alpha value is -0.930. The van der Waals surface area contributed by atoms with Crippen LogP contribution in [-0.4, -0.2) is 24.6 Å². The van der Waals surface area contributed by atoms with Crippen molar-refractivity contribution in [2.45, 2.75) is 6.10 Å². The summed E-state index contributed by atoms with van der Waals surface area (Å²) in [7, 11) is 1.69. The highest BCUT2D eigenvalue weighted by molar-refractivity contribution is 6.34. The van der Waals surface area contributed by atoms with Crippen LogP contribution in [0.5, 0.6) is 0 Å². The third-order valence-electron chi connectivity index (χ3n) is 2.25. The lowest BCUT2D eigenvalue weighted by Crippen LogP contribution is -2.17. The maximum absolute atomic E-state index is 11.2. The van der Waals surface area contributed by atoms with Crippen LogP contribution in [0.15, 0.2) is 18.2 Å². The van der Waals surface area contributed by atoms with E-state index in [0.717, 1.165) is 5.56 Å². The highest BCUT2D eigenvalue weighted by atomic mass is 35.5. The molecule has 1 aliphatic rings. The molecule has 1 heterocycles. The van der Waals surface area contributed by atoms with E-state index in [9.17, 15) is 4.79 Å². The van der Waals surface area contributed by atoms with E-state index in [-0.39, 0.29) is 12.2 Å². The predicted molar refractivity (Wildman–Crippen MR) is 58.3 cm³/mol. The normalized spacial score (nSPS) is 20.6. The number of likely N-dealkylation sites (N-methyl/N-ethyl adjacent to an activating group) is 1. The van der Waals surface area contributed by atoms with Crippen LogP contribution in [0.1, 0.15) is 11.7 Å². The van der Waals surface area contributed by atoms with Crippen molar-refractivity contribution in [2.75, 3.05) is 13.6 Å². The van der Waals surface area contributed by atoms with Gasteiger partial charge in [-0.25, -0.2) is 4.79 Å². The first-order valence-corrected chi connectivity index (χ1v) is 5.19. The molecule has 0 spiro atoms. The lowest BCUT2D eigenvalue weighted by Gasteiger charge is -2.09. The quantitative estimate of drug-likeness (QED) is 0.761. The number of rotatable bonds is 1. The van der Waals surface area contributed by atoms with Crippen molar-refractivity contribution in [3.05, 3.63) is 33.8 Å². The van der Waals surface area contributed by atoms with Crippen LogP contribution in [0.25, 0.3) is 0 Å². The van der Waals surface area contributed by atoms with E-state index in [1.54, 1.807) is 25.2 Å². The molecule has 5 heteroatoms. The molecule has 0 aromatic heterocycles. The van der Waals surface area contributed by atoms with Gasteiger partial charge in [0.15, 0.2) is 0 Å². The molecule has 15 heavy (non-hydrogen) atoms. The van der Waals surface area contributed by atoms with Crippen molar-refractivity contribution in [3.63, 3.8) is 0 Å². The first kappa shape index (κ1) is 10.6. The molecule has 1 saturated heterocycles. The van der Waals surface area contributed by atoms with Gasteiger partial charge in [-0.05, 0) is 23.8 Å². The van der Waals surface area contributed by atoms with Crippen LogP contribution in [-0.2, 0) is 4.74 Å². The summed E-state index contributed by atoms with van der Waals surface area (Å²) in [5.41, 5.74) is 0.824. The minimum absolute atomic E-state index is 0.279. The molecule has 3 nitrogen and oxygen atoms in total. The zero-order valence-corrected chi connectivity index (χ0v) is 9.55. The van der Waals surface area contributed by atoms with E-state index < -0.39 is 0 Å². The summed E-state index contributed by atoms with van der Waals surface area (Å²) >= 11 is 11.7. The molecule has 1 atom stereocenters. The molecule has 0 bridgehead atoms. The van der Waals surface area contributed by atoms with Gasteiger partial charge in [-0.15, -0.1) is 0 Å². The summed E-state index contributed by atoms with van der Waals surface area (Å²) in [4.78, 5) is 12.7. The number of benzene rings is 1. The zero-order chi connectivity index (χ0) is 11.0. The number of ether oxygens (including phenoxy) is 1. The average molecular weight is 246 g/mol. The van der Waals surface area contributed by atoms with E-state index in [1.165, 1.54) is 4.90 Å². The first-order valence-electron chi connectivity index (χ1n) is 4.44. The Balaban J connectivity index is 2.27. The van der Waals surface area contributed by atoms with E-state index in [2.05, 4.69) is 0 Å². The monoisotopic (exact) mass is 245 g/mol. The molecule has 0 saturated carbocycles. The second-order valence-corrected chi connectivity index (χ2v) is 4.33. The Morgan fingerprint density at radius 1 is 1.33 bits per heavy atom. The topological polar surface area (TPSA) is 29.5 Å². The average Bonchev–Trinajstić information content (AvgIpc) is 2.45. The lowest BCUT2D eigenvalue weighted by molar-refractivity contribution is 0.135. The van der Waals surface area contributed by atoms with Crippen LogP contribution in [0.3, 0.4) is 0 Å². The number of cyclic esters (lactones) is 1. The van der Waals surface area contributed by atoms with Gasteiger partial charge in [-0.2, -0.15) is 0 Å². The Bertz CT molecular complexity index is 388. The van der Waals surface area contributed by atoms with Gasteiger partial charge >= 0.3 is 6.09 Å². The van der Waals surface area contributed by atoms with E-state index >= 15 is 0 Å². The van der Waals surface area contributed by atoms with Crippen molar-refractivity contribution >= 4 is 29.3 Å². The second-order valence-electron chi connectivity index (χ2n) is 3.46. The molecular weight excluding hydrogens is 237 g/mol. The summed E-state index contributed by atoms with van der Waals surface area (Å²) in [6, 6.07) is 5.15. The number of halogens is 2. The van der Waals surface area contributed by atoms with Gasteiger partial charge in [0.1, 0.15) is 6.10 Å². The Morgan fingerprint density at radius 3 is 2.40 bits per heavy atom. The van der Waals surface area contributed by atoms with Gasteiger partial charge in [0.05, 0.1) is 6.54 Å². The first-order chi connectivity index (χ1) is 7.06. The fourth-order valence-electron chi connectivity index (χ4n) is 1.51. The van der Waals surface area contributed by atoms with E-state index in [0.29, 0.717) is 16.6 Å². The van der Waals surface area contributed by atoms with Gasteiger partial charge in [0, 0.05) is 17.1 Å². The standard InChI is InChI=1S/C10H9Cl2NO2/c1-13-5-9(15-10(13)14)6-2-7(11)4-8(12)3-6/h2-4,9H,5H2,1H3/t9-/m0/s1. The minimum Gasteiger partial charge on any atom is -0.439 e. The number of nitrogens with zero attached hydrogens (tertiary/aromatic N) is 1. The van der Waals surface area contributed by atoms with Crippen LogP contribution < -0.4 is 0 Å². The fourth-order valence-corrected chi connectivity index (χ4v) is 2.05. The maximum atomic E-state index is 11.2. The van der Waals surface area contributed by atoms with E-state index in [4.69, 9.17) is 27.9 Å². The maximum Gasteiger partial charge on any atom is 0.410 e. The molecule has 1 aromatic rings. The highest BCUT2D eigenvalue weighted by Gasteiger charge is 2.29. The van der Waals surface area contributed by atoms with Gasteiger partial charge in [0.25, 0.3) is 0 Å². The largest absolute Gasteiger partial charge is 0.439 e. The summed E-state index contributed by atoms with van der Waals surface area (Å²) in [5.74, 6) is 0. The molecule has 2 rings (SSSR count). The summed E-state index contributed by atoms with van der Waals surface area (Å²) in [5, 5.41) is 1.09. The summed E-state index contributed by atoms with van der Waals surface area (Å²) < 4.78 is 5.14. The number of hydrogen-bond acceptors (Lipinski definition) is 2. The second kappa shape index (κ2) is 3.91. The number of carbonyl (C=O) groups excluding carboxylic acids is 1. The molecule has 1 fully saturated rings. The molecular formula is C10H9Cl2NO2. The SMILES string of the molecule is CN1C[C@@H](c2cc(Cl)cc(Cl)c2)OC1=O. The Morgan fingerprint density at radius 2 is 1.93 bits per heavy atom. The molecule has 0 N–H and O–H groups in total. The van der Waals surface area contributed by atoms with E-state index in [1.807, 2.05) is 0 Å². The molecule has 1 amide bonds. The molecule has 80 valence electrons. The van der Waals surface area contributed by atoms with Crippen LogP contribution in [0, 0.1) is 0 Å². The van der Waals surface area contributed by atoms with Crippen LogP contribution in [0.4, 0.5) is 4.79 Å². The minimum atomic E-state index is -0.323. The fraction of sp³-hybridized carbons (Fsp3) is 0.300. The van der Waals surface area contributed by atoms with Crippen molar-refractivity contribution in [2.24, 2.45) is 0 Å². The van der Waals surface area contributed by atoms with Crippen molar-refractivity contribution in [1.29, 1.82) is 0 Å². The molecule has 0 radical (unpaired) electrons. The predicted octanol–water partition coefficient (Wildman–Crippen LogP) is 3.12. The van der Waals surface area contributed by atoms with Gasteiger partial charge in [-0.1, -0.05) is 23.2 Å². The van der Waals surface area contributed by atoms with Gasteiger partial charge in [0.2, 0.25) is 0 Å². The van der Waals surface area contributed by atoms with Crippen LogP contribution >= 0.6 is 23.2 Å². The molecule has 1 aromatic carbocycles. The smallest absolute Gasteiger partial charge is 0.410 e. The summed E-state index contributed by atoms with van der Waals surface area (Å²) in [6.07, 6.45) is -0.602. The number of amides is 1. The molecule has 0 aliphatic carbocycles. The summed E-state index contributed by atoms with van der Waals surface area (Å²) in [6.45, 7) is 0.523. The van der Waals surface area contributed by atoms with Gasteiger partial charge < -0.3 is 9.64 Å². The number of carbonyl (C=O) groups is 1. The Labute approximate surface area is 97.5 Å². The van der Waals surface area contributed by atoms with Gasteiger partial charge in [-0.3, -0.25) is 0 Å². The molecule has 0 unspecified atom stereocenters. The third kappa shape index (κ3) is 2.19. The molecule has 1 aliphatic heterocycles. The highest BCUT2D eigenvalue weighted by Crippen LogP contribution is 2.29. The lowest BCUT2D eigenvalue weighted by atomic mass is 10.1.